The Morgan fingerprint density at radius 3 is 1.69 bits per heavy atom. The Balaban J connectivity index is 1.21. The van der Waals surface area contributed by atoms with Gasteiger partial charge in [0.1, 0.15) is 0 Å². The van der Waals surface area contributed by atoms with Crippen LogP contribution in [-0.2, 0) is 0 Å². The molecular weight excluding hydrogens is 633 g/mol. The number of aromatic nitrogens is 4. The molecule has 242 valence electrons. The highest BCUT2D eigenvalue weighted by Gasteiger charge is 2.21. The lowest BCUT2D eigenvalue weighted by molar-refractivity contribution is 1.02. The van der Waals surface area contributed by atoms with E-state index in [2.05, 4.69) is 185 Å². The van der Waals surface area contributed by atoms with Gasteiger partial charge in [0.15, 0.2) is 0 Å². The molecule has 0 fully saturated rings. The molecule has 52 heavy (non-hydrogen) atoms. The zero-order valence-electron chi connectivity index (χ0n) is 28.1. The van der Waals surface area contributed by atoms with Crippen molar-refractivity contribution in [2.24, 2.45) is 0 Å². The van der Waals surface area contributed by atoms with Crippen molar-refractivity contribution in [3.63, 3.8) is 0 Å². The summed E-state index contributed by atoms with van der Waals surface area (Å²) in [6.45, 7) is 0. The predicted octanol–water partition coefficient (Wildman–Crippen LogP) is 12.3. The maximum atomic E-state index is 5.34. The number of nitrogens with zero attached hydrogens (tertiary/aromatic N) is 4. The number of rotatable bonds is 4. The van der Waals surface area contributed by atoms with E-state index in [-0.39, 0.29) is 0 Å². The van der Waals surface area contributed by atoms with Crippen molar-refractivity contribution in [1.82, 2.24) is 19.1 Å². The van der Waals surface area contributed by atoms with Crippen LogP contribution in [0.3, 0.4) is 0 Å². The van der Waals surface area contributed by atoms with Crippen molar-refractivity contribution >= 4 is 65.3 Å². The van der Waals surface area contributed by atoms with Crippen LogP contribution in [0.5, 0.6) is 0 Å². The average Bonchev–Trinajstić information content (AvgIpc) is 3.73. The van der Waals surface area contributed by atoms with Crippen molar-refractivity contribution in [2.75, 3.05) is 0 Å². The van der Waals surface area contributed by atoms with Crippen molar-refractivity contribution < 1.29 is 0 Å². The molecule has 0 aliphatic rings. The van der Waals surface area contributed by atoms with Crippen LogP contribution in [0, 0.1) is 0 Å². The van der Waals surface area contributed by atoms with Gasteiger partial charge in [-0.1, -0.05) is 133 Å². The molecule has 11 aromatic rings. The molecule has 0 aliphatic heterocycles. The van der Waals surface area contributed by atoms with Crippen molar-refractivity contribution in [3.8, 4) is 34.0 Å². The lowest BCUT2D eigenvalue weighted by Crippen LogP contribution is -2.03. The van der Waals surface area contributed by atoms with Crippen LogP contribution >= 0.6 is 0 Å². The summed E-state index contributed by atoms with van der Waals surface area (Å²) < 4.78 is 4.64. The van der Waals surface area contributed by atoms with Crippen LogP contribution in [0.4, 0.5) is 0 Å². The standard InChI is InChI=1S/C48H30N4/c1-3-15-31(16-4-1)46-38-23-9-12-24-42(38)49-48(50-46)52-44-26-14-11-21-36(44)41-30-39(34-19-7-8-22-37(34)47(41)52)32-27-28-45-40(29-32)35-20-10-13-25-43(35)51(45)33-17-5-2-6-18-33/h1-30H. The Hall–Kier alpha value is -7.04. The van der Waals surface area contributed by atoms with Crippen molar-refractivity contribution in [3.05, 3.63) is 182 Å². The Morgan fingerprint density at radius 2 is 0.923 bits per heavy atom. The summed E-state index contributed by atoms with van der Waals surface area (Å²) in [4.78, 5) is 10.6. The molecule has 0 radical (unpaired) electrons. The van der Waals surface area contributed by atoms with E-state index >= 15 is 0 Å². The third kappa shape index (κ3) is 4.21. The van der Waals surface area contributed by atoms with Crippen LogP contribution in [0.2, 0.25) is 0 Å². The van der Waals surface area contributed by atoms with Crippen LogP contribution in [0.25, 0.3) is 99.3 Å². The minimum Gasteiger partial charge on any atom is -0.309 e. The summed E-state index contributed by atoms with van der Waals surface area (Å²) in [5.74, 6) is 0.664. The first-order chi connectivity index (χ1) is 25.8. The molecule has 0 atom stereocenters. The van der Waals surface area contributed by atoms with Gasteiger partial charge in [-0.15, -0.1) is 0 Å². The molecule has 0 amide bonds. The van der Waals surface area contributed by atoms with Crippen LogP contribution in [-0.4, -0.2) is 19.1 Å². The summed E-state index contributed by atoms with van der Waals surface area (Å²) in [5.41, 5.74) is 11.0. The number of benzene rings is 8. The minimum absolute atomic E-state index is 0.664. The molecule has 4 nitrogen and oxygen atoms in total. The van der Waals surface area contributed by atoms with E-state index in [9.17, 15) is 0 Å². The van der Waals surface area contributed by atoms with Gasteiger partial charge in [-0.2, -0.15) is 0 Å². The van der Waals surface area contributed by atoms with E-state index in [4.69, 9.17) is 9.97 Å². The fourth-order valence-electron chi connectivity index (χ4n) is 8.25. The number of hydrogen-bond donors (Lipinski definition) is 0. The molecule has 0 spiro atoms. The molecule has 3 aromatic heterocycles. The van der Waals surface area contributed by atoms with Crippen LogP contribution in [0.15, 0.2) is 182 Å². The second kappa shape index (κ2) is 11.2. The van der Waals surface area contributed by atoms with Crippen LogP contribution < -0.4 is 0 Å². The van der Waals surface area contributed by atoms with Gasteiger partial charge < -0.3 is 4.57 Å². The molecule has 11 rings (SSSR count). The second-order valence-corrected chi connectivity index (χ2v) is 13.4. The monoisotopic (exact) mass is 662 g/mol. The van der Waals surface area contributed by atoms with Gasteiger partial charge in [0.25, 0.3) is 0 Å². The van der Waals surface area contributed by atoms with E-state index in [0.29, 0.717) is 5.95 Å². The predicted molar refractivity (Wildman–Crippen MR) is 217 cm³/mol. The SMILES string of the molecule is c1ccc(-c2nc(-n3c4ccccc4c4cc(-c5ccc6c(c5)c5ccccc5n6-c5ccccc5)c5ccccc5c43)nc3ccccc23)cc1. The third-order valence-corrected chi connectivity index (χ3v) is 10.5. The zero-order chi connectivity index (χ0) is 34.2. The quantitative estimate of drug-likeness (QED) is 0.188. The van der Waals surface area contributed by atoms with Gasteiger partial charge in [-0.3, -0.25) is 4.57 Å². The fraction of sp³-hybridized carbons (Fsp3) is 0. The van der Waals surface area contributed by atoms with Crippen molar-refractivity contribution in [1.29, 1.82) is 0 Å². The summed E-state index contributed by atoms with van der Waals surface area (Å²) in [6.07, 6.45) is 0. The smallest absolute Gasteiger partial charge is 0.235 e. The zero-order valence-corrected chi connectivity index (χ0v) is 28.1. The Labute approximate surface area is 299 Å². The first kappa shape index (κ1) is 28.8. The van der Waals surface area contributed by atoms with Crippen LogP contribution in [0.1, 0.15) is 0 Å². The normalized spacial score (nSPS) is 11.8. The van der Waals surface area contributed by atoms with Gasteiger partial charge in [0.05, 0.1) is 33.3 Å². The molecule has 0 N–H and O–H groups in total. The highest BCUT2D eigenvalue weighted by Crippen LogP contribution is 2.43. The Kier molecular flexibility index (Phi) is 6.22. The van der Waals surface area contributed by atoms with E-state index in [1.807, 2.05) is 6.07 Å². The fourth-order valence-corrected chi connectivity index (χ4v) is 8.25. The number of fused-ring (bicyclic) bond motifs is 9. The Bertz CT molecular complexity index is 3170. The van der Waals surface area contributed by atoms with Gasteiger partial charge >= 0.3 is 0 Å². The second-order valence-electron chi connectivity index (χ2n) is 13.4. The molecule has 0 unspecified atom stereocenters. The lowest BCUT2D eigenvalue weighted by Gasteiger charge is -2.14. The molecule has 8 aromatic carbocycles. The molecular formula is C48H30N4. The number of hydrogen-bond acceptors (Lipinski definition) is 2. The largest absolute Gasteiger partial charge is 0.309 e. The van der Waals surface area contributed by atoms with E-state index in [1.165, 1.54) is 49.1 Å². The summed E-state index contributed by atoms with van der Waals surface area (Å²) >= 11 is 0. The maximum absolute atomic E-state index is 5.34. The summed E-state index contributed by atoms with van der Waals surface area (Å²) in [5, 5.41) is 8.22. The third-order valence-electron chi connectivity index (χ3n) is 10.5. The van der Waals surface area contributed by atoms with Gasteiger partial charge in [0.2, 0.25) is 5.95 Å². The van der Waals surface area contributed by atoms with Gasteiger partial charge in [-0.25, -0.2) is 9.97 Å². The maximum Gasteiger partial charge on any atom is 0.235 e. The van der Waals surface area contributed by atoms with Gasteiger partial charge in [0, 0.05) is 43.6 Å². The Morgan fingerprint density at radius 1 is 0.346 bits per heavy atom. The summed E-state index contributed by atoms with van der Waals surface area (Å²) in [7, 11) is 0. The van der Waals surface area contributed by atoms with Crippen molar-refractivity contribution in [2.45, 2.75) is 0 Å². The molecule has 0 saturated heterocycles. The molecule has 4 heteroatoms. The molecule has 3 heterocycles. The summed E-state index contributed by atoms with van der Waals surface area (Å²) in [6, 6.07) is 64.9. The lowest BCUT2D eigenvalue weighted by atomic mass is 9.94. The average molecular weight is 663 g/mol. The van der Waals surface area contributed by atoms with E-state index in [1.54, 1.807) is 0 Å². The number of para-hydroxylation sites is 4. The first-order valence-electron chi connectivity index (χ1n) is 17.7. The first-order valence-corrected chi connectivity index (χ1v) is 17.7. The van der Waals surface area contributed by atoms with Gasteiger partial charge in [-0.05, 0) is 65.0 Å². The highest BCUT2D eigenvalue weighted by molar-refractivity contribution is 6.22. The van der Waals surface area contributed by atoms with E-state index < -0.39 is 0 Å². The topological polar surface area (TPSA) is 35.6 Å². The minimum atomic E-state index is 0.664. The molecule has 0 saturated carbocycles. The molecule has 0 aliphatic carbocycles. The highest BCUT2D eigenvalue weighted by atomic mass is 15.2. The van der Waals surface area contributed by atoms with E-state index in [0.717, 1.165) is 44.3 Å². The molecule has 0 bridgehead atoms.